The average molecular weight is 349 g/mol. The van der Waals surface area contributed by atoms with Gasteiger partial charge in [-0.15, -0.1) is 0 Å². The molecule has 0 bridgehead atoms. The number of carbonyl (C=O) groups is 2. The zero-order chi connectivity index (χ0) is 18.2. The Bertz CT molecular complexity index is 496. The Hall–Kier alpha value is -1.65. The summed E-state index contributed by atoms with van der Waals surface area (Å²) in [5, 5.41) is 8.60. The van der Waals surface area contributed by atoms with E-state index in [1.54, 1.807) is 11.9 Å². The zero-order valence-corrected chi connectivity index (χ0v) is 15.6. The van der Waals surface area contributed by atoms with Crippen LogP contribution < -0.4 is 0 Å². The van der Waals surface area contributed by atoms with Crippen LogP contribution in [-0.4, -0.2) is 96.9 Å². The molecule has 2 rings (SSSR count). The zero-order valence-electron chi connectivity index (χ0n) is 15.6. The molecule has 1 atom stereocenters. The maximum Gasteiger partial charge on any atom is 0.236 e. The predicted octanol–water partition coefficient (Wildman–Crippen LogP) is 0.377. The number of piperazine rings is 1. The molecule has 0 aromatic heterocycles. The van der Waals surface area contributed by atoms with Crippen molar-refractivity contribution in [2.24, 2.45) is 0 Å². The number of rotatable bonds is 6. The third-order valence-electron chi connectivity index (χ3n) is 5.29. The summed E-state index contributed by atoms with van der Waals surface area (Å²) in [6.07, 6.45) is 3.82. The molecule has 2 saturated heterocycles. The van der Waals surface area contributed by atoms with E-state index >= 15 is 0 Å². The molecule has 2 aliphatic rings. The molecule has 0 radical (unpaired) electrons. The van der Waals surface area contributed by atoms with E-state index in [1.807, 2.05) is 4.90 Å². The minimum atomic E-state index is 0.0573. The lowest BCUT2D eigenvalue weighted by Crippen LogP contribution is -2.53. The van der Waals surface area contributed by atoms with E-state index in [0.717, 1.165) is 45.6 Å². The van der Waals surface area contributed by atoms with Crippen molar-refractivity contribution in [1.29, 1.82) is 5.26 Å². The van der Waals surface area contributed by atoms with Crippen molar-refractivity contribution in [2.75, 3.05) is 59.4 Å². The van der Waals surface area contributed by atoms with Crippen molar-refractivity contribution in [3.63, 3.8) is 0 Å². The Morgan fingerprint density at radius 2 is 1.72 bits per heavy atom. The molecular weight excluding hydrogens is 318 g/mol. The second-order valence-corrected chi connectivity index (χ2v) is 7.21. The van der Waals surface area contributed by atoms with Gasteiger partial charge in [0.1, 0.15) is 0 Å². The number of piperidine rings is 1. The summed E-state index contributed by atoms with van der Waals surface area (Å²) >= 11 is 0. The molecule has 2 amide bonds. The van der Waals surface area contributed by atoms with Crippen LogP contribution in [0.3, 0.4) is 0 Å². The summed E-state index contributed by atoms with van der Waals surface area (Å²) in [4.78, 5) is 32.6. The van der Waals surface area contributed by atoms with Gasteiger partial charge in [-0.1, -0.05) is 0 Å². The number of hydrogen-bond donors (Lipinski definition) is 0. The van der Waals surface area contributed by atoms with E-state index in [9.17, 15) is 9.59 Å². The molecule has 7 nitrogen and oxygen atoms in total. The van der Waals surface area contributed by atoms with Crippen LogP contribution in [0.25, 0.3) is 0 Å². The fourth-order valence-corrected chi connectivity index (χ4v) is 3.51. The molecule has 0 N–H and O–H groups in total. The summed E-state index contributed by atoms with van der Waals surface area (Å²) in [5.74, 6) is 0.301. The molecule has 0 aliphatic carbocycles. The lowest BCUT2D eigenvalue weighted by Gasteiger charge is -2.38. The van der Waals surface area contributed by atoms with Crippen LogP contribution in [0.5, 0.6) is 0 Å². The number of nitriles is 1. The van der Waals surface area contributed by atoms with Crippen LogP contribution in [0.2, 0.25) is 0 Å². The first-order valence-electron chi connectivity index (χ1n) is 9.36. The molecule has 0 aromatic rings. The first-order valence-corrected chi connectivity index (χ1v) is 9.36. The van der Waals surface area contributed by atoms with Crippen LogP contribution in [0.1, 0.15) is 32.6 Å². The Labute approximate surface area is 151 Å². The van der Waals surface area contributed by atoms with E-state index in [0.29, 0.717) is 32.1 Å². The van der Waals surface area contributed by atoms with Crippen molar-refractivity contribution >= 4 is 11.8 Å². The standard InChI is InChI=1S/C18H31N5O2/c1-16-6-3-4-9-23(16)18(25)15-22-12-10-21(11-13-22)14-17(24)20(2)8-5-7-19/h16H,3-6,8-15H2,1-2H3. The topological polar surface area (TPSA) is 70.9 Å². The van der Waals surface area contributed by atoms with E-state index in [2.05, 4.69) is 22.8 Å². The highest BCUT2D eigenvalue weighted by molar-refractivity contribution is 5.79. The molecule has 0 saturated carbocycles. The highest BCUT2D eigenvalue weighted by Gasteiger charge is 2.26. The maximum atomic E-state index is 12.5. The summed E-state index contributed by atoms with van der Waals surface area (Å²) < 4.78 is 0. The fourth-order valence-electron chi connectivity index (χ4n) is 3.51. The van der Waals surface area contributed by atoms with Crippen LogP contribution in [0, 0.1) is 11.3 Å². The first-order chi connectivity index (χ1) is 12.0. The Morgan fingerprint density at radius 3 is 2.32 bits per heavy atom. The lowest BCUT2D eigenvalue weighted by molar-refractivity contribution is -0.137. The second-order valence-electron chi connectivity index (χ2n) is 7.21. The quantitative estimate of drug-likeness (QED) is 0.693. The van der Waals surface area contributed by atoms with Gasteiger partial charge in [-0.25, -0.2) is 0 Å². The SMILES string of the molecule is CC1CCCCN1C(=O)CN1CCN(CC(=O)N(C)CCC#N)CC1. The average Bonchev–Trinajstić information content (AvgIpc) is 2.61. The highest BCUT2D eigenvalue weighted by Crippen LogP contribution is 2.17. The molecule has 0 spiro atoms. The Morgan fingerprint density at radius 1 is 1.08 bits per heavy atom. The third kappa shape index (κ3) is 5.98. The number of carbonyl (C=O) groups excluding carboxylic acids is 2. The van der Waals surface area contributed by atoms with Gasteiger partial charge in [-0.3, -0.25) is 19.4 Å². The Balaban J connectivity index is 1.70. The van der Waals surface area contributed by atoms with Crippen LogP contribution in [0.4, 0.5) is 0 Å². The van der Waals surface area contributed by atoms with Crippen molar-refractivity contribution in [3.8, 4) is 6.07 Å². The third-order valence-corrected chi connectivity index (χ3v) is 5.29. The van der Waals surface area contributed by atoms with Gasteiger partial charge < -0.3 is 9.80 Å². The number of likely N-dealkylation sites (N-methyl/N-ethyl adjacent to an activating group) is 1. The van der Waals surface area contributed by atoms with Crippen LogP contribution >= 0.6 is 0 Å². The monoisotopic (exact) mass is 349 g/mol. The minimum Gasteiger partial charge on any atom is -0.344 e. The van der Waals surface area contributed by atoms with Gasteiger partial charge in [-0.05, 0) is 26.2 Å². The first kappa shape index (κ1) is 19.7. The van der Waals surface area contributed by atoms with Crippen LogP contribution in [-0.2, 0) is 9.59 Å². The lowest BCUT2D eigenvalue weighted by atomic mass is 10.0. The number of amides is 2. The molecule has 25 heavy (non-hydrogen) atoms. The number of likely N-dealkylation sites (tertiary alicyclic amines) is 1. The smallest absolute Gasteiger partial charge is 0.236 e. The van der Waals surface area contributed by atoms with E-state index < -0.39 is 0 Å². The van der Waals surface area contributed by atoms with E-state index in [4.69, 9.17) is 5.26 Å². The van der Waals surface area contributed by atoms with Gasteiger partial charge in [0.25, 0.3) is 0 Å². The van der Waals surface area contributed by atoms with Crippen LogP contribution in [0.15, 0.2) is 0 Å². The van der Waals surface area contributed by atoms with Crippen molar-refractivity contribution in [2.45, 2.75) is 38.6 Å². The van der Waals surface area contributed by atoms with Gasteiger partial charge >= 0.3 is 0 Å². The van der Waals surface area contributed by atoms with Gasteiger partial charge in [-0.2, -0.15) is 5.26 Å². The molecule has 2 aliphatic heterocycles. The molecule has 2 fully saturated rings. The van der Waals surface area contributed by atoms with E-state index in [-0.39, 0.29) is 11.8 Å². The number of hydrogen-bond acceptors (Lipinski definition) is 5. The molecule has 140 valence electrons. The van der Waals surface area contributed by atoms with Gasteiger partial charge in [0, 0.05) is 52.4 Å². The summed E-state index contributed by atoms with van der Waals surface area (Å²) in [6.45, 7) is 7.67. The van der Waals surface area contributed by atoms with Gasteiger partial charge in [0.15, 0.2) is 0 Å². The van der Waals surface area contributed by atoms with Crippen molar-refractivity contribution < 1.29 is 9.59 Å². The van der Waals surface area contributed by atoms with Gasteiger partial charge in [0.05, 0.1) is 25.6 Å². The van der Waals surface area contributed by atoms with Gasteiger partial charge in [0.2, 0.25) is 11.8 Å². The van der Waals surface area contributed by atoms with E-state index in [1.165, 1.54) is 6.42 Å². The minimum absolute atomic E-state index is 0.0573. The van der Waals surface area contributed by atoms with Crippen molar-refractivity contribution in [3.05, 3.63) is 0 Å². The predicted molar refractivity (Wildman–Crippen MR) is 95.8 cm³/mol. The largest absolute Gasteiger partial charge is 0.344 e. The Kier molecular flexibility index (Phi) is 7.66. The highest BCUT2D eigenvalue weighted by atomic mass is 16.2. The fraction of sp³-hybridized carbons (Fsp3) is 0.833. The summed E-state index contributed by atoms with van der Waals surface area (Å²) in [6, 6.07) is 2.43. The second kappa shape index (κ2) is 9.73. The number of nitrogens with zero attached hydrogens (tertiary/aromatic N) is 5. The maximum absolute atomic E-state index is 12.5. The summed E-state index contributed by atoms with van der Waals surface area (Å²) in [7, 11) is 1.74. The molecule has 2 heterocycles. The summed E-state index contributed by atoms with van der Waals surface area (Å²) in [5.41, 5.74) is 0. The molecular formula is C18H31N5O2. The molecule has 1 unspecified atom stereocenters. The molecule has 0 aromatic carbocycles. The van der Waals surface area contributed by atoms with Crippen molar-refractivity contribution in [1.82, 2.24) is 19.6 Å². The molecule has 7 heteroatoms. The normalized spacial score (nSPS) is 22.4.